The van der Waals surface area contributed by atoms with E-state index in [-0.39, 0.29) is 29.2 Å². The number of pyridine rings is 1. The van der Waals surface area contributed by atoms with Crippen LogP contribution in [0.15, 0.2) is 59.4 Å². The van der Waals surface area contributed by atoms with Gasteiger partial charge in [-0.25, -0.2) is 0 Å². The van der Waals surface area contributed by atoms with Crippen molar-refractivity contribution in [3.63, 3.8) is 0 Å². The number of rotatable bonds is 4. The number of hydrogen-bond donors (Lipinski definition) is 2. The summed E-state index contributed by atoms with van der Waals surface area (Å²) in [6.07, 6.45) is 0.886. The Bertz CT molecular complexity index is 1280. The van der Waals surface area contributed by atoms with Crippen LogP contribution in [0.5, 0.6) is 0 Å². The number of halogens is 2. The first-order valence-corrected chi connectivity index (χ1v) is 10.7. The van der Waals surface area contributed by atoms with E-state index in [0.29, 0.717) is 34.8 Å². The summed E-state index contributed by atoms with van der Waals surface area (Å²) in [4.78, 5) is 39.4. The Morgan fingerprint density at radius 1 is 1.03 bits per heavy atom. The third kappa shape index (κ3) is 4.97. The highest BCUT2D eigenvalue weighted by atomic mass is 35.5. The van der Waals surface area contributed by atoms with Crippen molar-refractivity contribution < 1.29 is 9.59 Å². The molecule has 0 aliphatic heterocycles. The molecule has 1 aliphatic rings. The average molecular weight is 486 g/mol. The summed E-state index contributed by atoms with van der Waals surface area (Å²) in [6.45, 7) is 5.90. The molecular formula is C25H25Cl2N3O3. The van der Waals surface area contributed by atoms with Crippen molar-refractivity contribution in [3.8, 4) is 5.69 Å². The van der Waals surface area contributed by atoms with Crippen LogP contribution >= 0.6 is 24.0 Å². The van der Waals surface area contributed by atoms with Gasteiger partial charge in [-0.3, -0.25) is 29.8 Å². The van der Waals surface area contributed by atoms with E-state index in [1.807, 2.05) is 45.0 Å². The van der Waals surface area contributed by atoms with Crippen molar-refractivity contribution in [2.24, 2.45) is 5.41 Å². The molecule has 1 aliphatic carbocycles. The van der Waals surface area contributed by atoms with E-state index >= 15 is 0 Å². The number of aryl methyl sites for hydroxylation is 1. The maximum absolute atomic E-state index is 13.5. The van der Waals surface area contributed by atoms with Crippen molar-refractivity contribution in [2.45, 2.75) is 33.6 Å². The first kappa shape index (κ1) is 24.6. The van der Waals surface area contributed by atoms with Gasteiger partial charge in [-0.2, -0.15) is 0 Å². The van der Waals surface area contributed by atoms with Crippen molar-refractivity contribution in [3.05, 3.63) is 92.4 Å². The molecule has 4 rings (SSSR count). The fraction of sp³-hybridized carbons (Fsp3) is 0.240. The van der Waals surface area contributed by atoms with Crippen LogP contribution in [0, 0.1) is 12.3 Å². The first-order chi connectivity index (χ1) is 15.2. The standard InChI is InChI=1S/C25H24ClN3O3.ClH/c1-15-6-4-5-7-20(15)27-28-23(31)19-12-18-21(13-25(2,3)14-22(18)30)29(24(19)32)17-10-8-16(26)9-11-17;/h4-12,27H,13-14H2,1-3H3,(H,28,31);1H. The molecule has 8 heteroatoms. The predicted octanol–water partition coefficient (Wildman–Crippen LogP) is 5.13. The molecule has 1 heterocycles. The summed E-state index contributed by atoms with van der Waals surface area (Å²) >= 11 is 6.03. The first-order valence-electron chi connectivity index (χ1n) is 10.4. The quantitative estimate of drug-likeness (QED) is 0.501. The summed E-state index contributed by atoms with van der Waals surface area (Å²) in [6, 6.07) is 15.7. The molecule has 0 spiro atoms. The lowest BCUT2D eigenvalue weighted by atomic mass is 9.75. The van der Waals surface area contributed by atoms with Gasteiger partial charge in [0.05, 0.1) is 5.69 Å². The van der Waals surface area contributed by atoms with E-state index < -0.39 is 11.5 Å². The van der Waals surface area contributed by atoms with E-state index in [1.165, 1.54) is 10.6 Å². The van der Waals surface area contributed by atoms with Gasteiger partial charge in [0, 0.05) is 28.4 Å². The monoisotopic (exact) mass is 485 g/mol. The molecule has 0 radical (unpaired) electrons. The zero-order valence-corrected chi connectivity index (χ0v) is 20.1. The second kappa shape index (κ2) is 9.41. The molecule has 0 fully saturated rings. The van der Waals surface area contributed by atoms with Crippen molar-refractivity contribution in [2.75, 3.05) is 5.43 Å². The lowest BCUT2D eigenvalue weighted by Crippen LogP contribution is -2.40. The van der Waals surface area contributed by atoms with Crippen LogP contribution < -0.4 is 16.4 Å². The summed E-state index contributed by atoms with van der Waals surface area (Å²) < 4.78 is 1.47. The van der Waals surface area contributed by atoms with Gasteiger partial charge in [0.25, 0.3) is 11.5 Å². The average Bonchev–Trinajstić information content (AvgIpc) is 2.73. The number of aromatic nitrogens is 1. The number of nitrogens with one attached hydrogen (secondary N) is 2. The van der Waals surface area contributed by atoms with Crippen LogP contribution in [-0.4, -0.2) is 16.3 Å². The van der Waals surface area contributed by atoms with Gasteiger partial charge in [-0.15, -0.1) is 12.4 Å². The number of amides is 1. The molecule has 2 N–H and O–H groups in total. The van der Waals surface area contributed by atoms with E-state index in [2.05, 4.69) is 10.9 Å². The molecule has 0 unspecified atom stereocenters. The third-order valence-electron chi connectivity index (χ3n) is 5.67. The second-order valence-corrected chi connectivity index (χ2v) is 9.31. The van der Waals surface area contributed by atoms with Crippen LogP contribution in [0.3, 0.4) is 0 Å². The third-order valence-corrected chi connectivity index (χ3v) is 5.93. The number of carbonyl (C=O) groups is 2. The number of nitrogens with zero attached hydrogens (tertiary/aromatic N) is 1. The van der Waals surface area contributed by atoms with E-state index in [0.717, 1.165) is 11.3 Å². The lowest BCUT2D eigenvalue weighted by Gasteiger charge is -2.32. The summed E-state index contributed by atoms with van der Waals surface area (Å²) in [7, 11) is 0. The molecular weight excluding hydrogens is 461 g/mol. The summed E-state index contributed by atoms with van der Waals surface area (Å²) in [5.74, 6) is -0.693. The Morgan fingerprint density at radius 2 is 1.70 bits per heavy atom. The molecule has 3 aromatic rings. The van der Waals surface area contributed by atoms with E-state index in [4.69, 9.17) is 11.6 Å². The van der Waals surface area contributed by atoms with Gasteiger partial charge in [0.2, 0.25) is 0 Å². The van der Waals surface area contributed by atoms with Gasteiger partial charge in [-0.05, 0) is 60.7 Å². The molecule has 6 nitrogen and oxygen atoms in total. The van der Waals surface area contributed by atoms with Gasteiger partial charge >= 0.3 is 0 Å². The minimum absolute atomic E-state index is 0. The molecule has 172 valence electrons. The largest absolute Gasteiger partial charge is 0.298 e. The van der Waals surface area contributed by atoms with Gasteiger partial charge in [0.1, 0.15) is 5.56 Å². The number of benzene rings is 2. The number of hydrazine groups is 1. The molecule has 1 aromatic heterocycles. The van der Waals surface area contributed by atoms with Crippen LogP contribution in [0.25, 0.3) is 5.69 Å². The molecule has 2 aromatic carbocycles. The Morgan fingerprint density at radius 3 is 2.36 bits per heavy atom. The van der Waals surface area contributed by atoms with Crippen molar-refractivity contribution >= 4 is 41.4 Å². The minimum atomic E-state index is -0.610. The van der Waals surface area contributed by atoms with Gasteiger partial charge in [0.15, 0.2) is 5.78 Å². The van der Waals surface area contributed by atoms with E-state index in [1.54, 1.807) is 24.3 Å². The second-order valence-electron chi connectivity index (χ2n) is 8.87. The number of anilines is 1. The Balaban J connectivity index is 0.00000306. The fourth-order valence-electron chi connectivity index (χ4n) is 4.04. The Kier molecular flexibility index (Phi) is 7.00. The number of ketones is 1. The number of hydrogen-bond acceptors (Lipinski definition) is 4. The van der Waals surface area contributed by atoms with Crippen molar-refractivity contribution in [1.29, 1.82) is 0 Å². The Labute approximate surface area is 203 Å². The molecule has 0 atom stereocenters. The zero-order valence-electron chi connectivity index (χ0n) is 18.6. The smallest absolute Gasteiger partial charge is 0.275 e. The predicted molar refractivity (Wildman–Crippen MR) is 133 cm³/mol. The maximum Gasteiger partial charge on any atom is 0.275 e. The number of fused-ring (bicyclic) bond motifs is 1. The van der Waals surface area contributed by atoms with Crippen LogP contribution in [-0.2, 0) is 6.42 Å². The fourth-order valence-corrected chi connectivity index (χ4v) is 4.17. The number of Topliss-reactive ketones (excluding diaryl/α,β-unsaturated/α-hetero) is 1. The SMILES string of the molecule is Cc1ccccc1NNC(=O)c1cc2c(n(-c3ccc(Cl)cc3)c1=O)CC(C)(C)CC2=O.Cl. The topological polar surface area (TPSA) is 80.2 Å². The molecule has 0 bridgehead atoms. The Hall–Kier alpha value is -3.09. The van der Waals surface area contributed by atoms with Crippen LogP contribution in [0.2, 0.25) is 5.02 Å². The zero-order chi connectivity index (χ0) is 23.0. The lowest BCUT2D eigenvalue weighted by molar-refractivity contribution is 0.0908. The summed E-state index contributed by atoms with van der Waals surface area (Å²) in [5.41, 5.74) is 7.80. The highest BCUT2D eigenvalue weighted by Gasteiger charge is 2.35. The molecule has 0 saturated carbocycles. The highest BCUT2D eigenvalue weighted by Crippen LogP contribution is 2.35. The minimum Gasteiger partial charge on any atom is -0.298 e. The van der Waals surface area contributed by atoms with Crippen LogP contribution in [0.1, 0.15) is 52.2 Å². The summed E-state index contributed by atoms with van der Waals surface area (Å²) in [5, 5.41) is 0.531. The van der Waals surface area contributed by atoms with Gasteiger partial charge in [-0.1, -0.05) is 43.6 Å². The van der Waals surface area contributed by atoms with Gasteiger partial charge < -0.3 is 0 Å². The molecule has 33 heavy (non-hydrogen) atoms. The van der Waals surface area contributed by atoms with Crippen molar-refractivity contribution in [1.82, 2.24) is 9.99 Å². The normalized spacial score (nSPS) is 14.1. The maximum atomic E-state index is 13.5. The number of para-hydroxylation sites is 1. The van der Waals surface area contributed by atoms with Crippen LogP contribution in [0.4, 0.5) is 5.69 Å². The van der Waals surface area contributed by atoms with E-state index in [9.17, 15) is 14.4 Å². The molecule has 1 amide bonds. The molecule has 0 saturated heterocycles. The highest BCUT2D eigenvalue weighted by molar-refractivity contribution is 6.30. The number of carbonyl (C=O) groups excluding carboxylic acids is 2.